The Kier molecular flexibility index (Phi) is 6.88. The number of amides is 2. The fraction of sp³-hybridized carbons (Fsp3) is 0.409. The highest BCUT2D eigenvalue weighted by Gasteiger charge is 2.33. The molecule has 1 aliphatic rings. The molecule has 3 rings (SSSR count). The fourth-order valence-electron chi connectivity index (χ4n) is 3.48. The summed E-state index contributed by atoms with van der Waals surface area (Å²) in [7, 11) is 0. The molecule has 2 aromatic rings. The van der Waals surface area contributed by atoms with Crippen LogP contribution in [0.15, 0.2) is 36.4 Å². The van der Waals surface area contributed by atoms with Crippen molar-refractivity contribution in [3.8, 4) is 11.3 Å². The number of ether oxygens (including phenoxy) is 1. The van der Waals surface area contributed by atoms with Gasteiger partial charge in [0.05, 0.1) is 11.4 Å². The molecule has 0 saturated carbocycles. The third-order valence-corrected chi connectivity index (χ3v) is 5.13. The molecule has 0 bridgehead atoms. The number of nitrogens with zero attached hydrogens (tertiary/aromatic N) is 2. The van der Waals surface area contributed by atoms with Crippen LogP contribution in [0.3, 0.4) is 0 Å². The lowest BCUT2D eigenvalue weighted by Gasteiger charge is -2.27. The van der Waals surface area contributed by atoms with Crippen molar-refractivity contribution in [1.29, 1.82) is 0 Å². The van der Waals surface area contributed by atoms with Crippen molar-refractivity contribution in [1.82, 2.24) is 10.3 Å². The number of hydrogen-bond acceptors (Lipinski definition) is 4. The number of carbonyl (C=O) groups is 2. The Bertz CT molecular complexity index is 943. The maximum absolute atomic E-state index is 12.7. The molecule has 1 aromatic carbocycles. The van der Waals surface area contributed by atoms with Crippen molar-refractivity contribution < 1.29 is 14.3 Å². The van der Waals surface area contributed by atoms with Crippen molar-refractivity contribution in [2.24, 2.45) is 0 Å². The Morgan fingerprint density at radius 3 is 2.73 bits per heavy atom. The number of aromatic nitrogens is 1. The van der Waals surface area contributed by atoms with Gasteiger partial charge in [0.15, 0.2) is 0 Å². The van der Waals surface area contributed by atoms with E-state index in [0.717, 1.165) is 11.3 Å². The average Bonchev–Trinajstić information content (AvgIpc) is 3.01. The van der Waals surface area contributed by atoms with Crippen LogP contribution in [-0.4, -0.2) is 35.2 Å². The van der Waals surface area contributed by atoms with Gasteiger partial charge in [-0.15, -0.1) is 0 Å². The van der Waals surface area contributed by atoms with E-state index in [9.17, 15) is 9.59 Å². The molecular formula is C22H25Cl2N3O3. The summed E-state index contributed by atoms with van der Waals surface area (Å²) >= 11 is 12.3. The maximum atomic E-state index is 12.7. The average molecular weight is 450 g/mol. The van der Waals surface area contributed by atoms with Gasteiger partial charge in [0.25, 0.3) is 0 Å². The topological polar surface area (TPSA) is 71.5 Å². The highest BCUT2D eigenvalue weighted by atomic mass is 35.5. The van der Waals surface area contributed by atoms with Crippen molar-refractivity contribution >= 4 is 40.9 Å². The van der Waals surface area contributed by atoms with Crippen LogP contribution in [0.5, 0.6) is 0 Å². The van der Waals surface area contributed by atoms with Gasteiger partial charge in [-0.2, -0.15) is 0 Å². The van der Waals surface area contributed by atoms with Crippen LogP contribution < -0.4 is 10.2 Å². The maximum Gasteiger partial charge on any atom is 0.407 e. The lowest BCUT2D eigenvalue weighted by molar-refractivity contribution is -0.117. The van der Waals surface area contributed by atoms with E-state index in [1.165, 1.54) is 0 Å². The minimum Gasteiger partial charge on any atom is -0.444 e. The third-order valence-electron chi connectivity index (χ3n) is 4.68. The number of halogens is 2. The molecule has 30 heavy (non-hydrogen) atoms. The van der Waals surface area contributed by atoms with Crippen LogP contribution in [0.2, 0.25) is 10.2 Å². The first kappa shape index (κ1) is 22.4. The normalized spacial score (nSPS) is 16.6. The second kappa shape index (κ2) is 9.23. The Hall–Kier alpha value is -2.31. The zero-order valence-electron chi connectivity index (χ0n) is 17.2. The fourth-order valence-corrected chi connectivity index (χ4v) is 3.82. The van der Waals surface area contributed by atoms with Gasteiger partial charge < -0.3 is 15.0 Å². The molecule has 1 N–H and O–H groups in total. The van der Waals surface area contributed by atoms with Crippen LogP contribution in [0.4, 0.5) is 10.5 Å². The lowest BCUT2D eigenvalue weighted by Crippen LogP contribution is -2.38. The van der Waals surface area contributed by atoms with Gasteiger partial charge in [-0.05, 0) is 63.9 Å². The van der Waals surface area contributed by atoms with Crippen LogP contribution >= 0.6 is 23.2 Å². The van der Waals surface area contributed by atoms with E-state index in [0.29, 0.717) is 41.7 Å². The molecule has 1 fully saturated rings. The molecule has 2 amide bonds. The Labute approximate surface area is 186 Å². The molecular weight excluding hydrogens is 425 g/mol. The first-order chi connectivity index (χ1) is 14.1. The number of pyridine rings is 1. The Morgan fingerprint density at radius 1 is 1.27 bits per heavy atom. The van der Waals surface area contributed by atoms with Crippen molar-refractivity contribution in [2.75, 3.05) is 11.4 Å². The summed E-state index contributed by atoms with van der Waals surface area (Å²) in [6, 6.07) is 10.7. The van der Waals surface area contributed by atoms with Gasteiger partial charge in [0.1, 0.15) is 10.8 Å². The largest absolute Gasteiger partial charge is 0.444 e. The second-order valence-electron chi connectivity index (χ2n) is 8.18. The molecule has 2 heterocycles. The molecule has 8 heteroatoms. The molecule has 1 aromatic heterocycles. The van der Waals surface area contributed by atoms with E-state index in [1.54, 1.807) is 23.1 Å². The highest BCUT2D eigenvalue weighted by Crippen LogP contribution is 2.37. The number of anilines is 1. The predicted molar refractivity (Wildman–Crippen MR) is 119 cm³/mol. The Morgan fingerprint density at radius 2 is 2.03 bits per heavy atom. The van der Waals surface area contributed by atoms with Crippen LogP contribution in [-0.2, 0) is 9.53 Å². The van der Waals surface area contributed by atoms with Crippen molar-refractivity contribution in [3.05, 3.63) is 46.6 Å². The molecule has 0 spiro atoms. The van der Waals surface area contributed by atoms with E-state index in [2.05, 4.69) is 10.3 Å². The van der Waals surface area contributed by atoms with Gasteiger partial charge in [-0.1, -0.05) is 29.3 Å². The van der Waals surface area contributed by atoms with Gasteiger partial charge >= 0.3 is 6.09 Å². The zero-order chi connectivity index (χ0) is 21.9. The quantitative estimate of drug-likeness (QED) is 0.614. The van der Waals surface area contributed by atoms with Crippen molar-refractivity contribution in [2.45, 2.75) is 51.7 Å². The second-order valence-corrected chi connectivity index (χ2v) is 9.00. The molecule has 1 atom stereocenters. The van der Waals surface area contributed by atoms with Gasteiger partial charge in [-0.3, -0.25) is 4.79 Å². The predicted octanol–water partition coefficient (Wildman–Crippen LogP) is 5.47. The summed E-state index contributed by atoms with van der Waals surface area (Å²) in [6.45, 7) is 5.85. The van der Waals surface area contributed by atoms with E-state index in [-0.39, 0.29) is 11.9 Å². The van der Waals surface area contributed by atoms with E-state index in [1.807, 2.05) is 39.0 Å². The van der Waals surface area contributed by atoms with Crippen molar-refractivity contribution in [3.63, 3.8) is 0 Å². The van der Waals surface area contributed by atoms with E-state index >= 15 is 0 Å². The summed E-state index contributed by atoms with van der Waals surface area (Å²) in [5.74, 6) is 0.0304. The Balaban J connectivity index is 1.80. The zero-order valence-corrected chi connectivity index (χ0v) is 18.8. The van der Waals surface area contributed by atoms with Gasteiger partial charge in [-0.25, -0.2) is 9.78 Å². The number of nitrogens with one attached hydrogen (secondary N) is 1. The third kappa shape index (κ3) is 5.64. The van der Waals surface area contributed by atoms with Gasteiger partial charge in [0, 0.05) is 29.6 Å². The monoisotopic (exact) mass is 449 g/mol. The first-order valence-corrected chi connectivity index (χ1v) is 10.6. The molecule has 1 unspecified atom stereocenters. The van der Waals surface area contributed by atoms with Crippen LogP contribution in [0.25, 0.3) is 11.3 Å². The molecule has 6 nitrogen and oxygen atoms in total. The highest BCUT2D eigenvalue weighted by molar-refractivity contribution is 6.31. The summed E-state index contributed by atoms with van der Waals surface area (Å²) in [5.41, 5.74) is 1.57. The SMILES string of the molecule is CC(C)(C)OC(=O)NCCC1CCC(=O)N1c1ccc(Cl)cc1-c1cccc(Cl)n1. The molecule has 1 aliphatic heterocycles. The summed E-state index contributed by atoms with van der Waals surface area (Å²) in [6.07, 6.45) is 1.30. The van der Waals surface area contributed by atoms with E-state index < -0.39 is 11.7 Å². The lowest BCUT2D eigenvalue weighted by atomic mass is 10.1. The number of alkyl carbamates (subject to hydrolysis) is 1. The standard InChI is InChI=1S/C22H25Cl2N3O3/c1-22(2,3)30-21(29)25-12-11-15-8-10-20(28)27(15)18-9-7-14(23)13-16(18)17-5-4-6-19(24)26-17/h4-7,9,13,15H,8,10-12H2,1-3H3,(H,25,29). The van der Waals surface area contributed by atoms with Crippen LogP contribution in [0.1, 0.15) is 40.0 Å². The minimum atomic E-state index is -0.554. The number of rotatable bonds is 5. The summed E-state index contributed by atoms with van der Waals surface area (Å²) in [4.78, 5) is 30.8. The first-order valence-electron chi connectivity index (χ1n) is 9.85. The molecule has 1 saturated heterocycles. The molecule has 160 valence electrons. The number of benzene rings is 1. The number of carbonyl (C=O) groups excluding carboxylic acids is 2. The van der Waals surface area contributed by atoms with E-state index in [4.69, 9.17) is 27.9 Å². The summed E-state index contributed by atoms with van der Waals surface area (Å²) < 4.78 is 5.27. The summed E-state index contributed by atoms with van der Waals surface area (Å²) in [5, 5.41) is 3.68. The minimum absolute atomic E-state index is 0.0304. The molecule has 0 aliphatic carbocycles. The number of hydrogen-bond donors (Lipinski definition) is 1. The van der Waals surface area contributed by atoms with Gasteiger partial charge in [0.2, 0.25) is 5.91 Å². The molecule has 0 radical (unpaired) electrons. The van der Waals surface area contributed by atoms with Crippen LogP contribution in [0, 0.1) is 0 Å². The smallest absolute Gasteiger partial charge is 0.407 e.